The Hall–Kier alpha value is -1.45. The van der Waals surface area contributed by atoms with Gasteiger partial charge in [-0.1, -0.05) is 41.4 Å². The molecule has 2 heterocycles. The lowest BCUT2D eigenvalue weighted by atomic mass is 10.1. The summed E-state index contributed by atoms with van der Waals surface area (Å²) in [6, 6.07) is 8.44. The van der Waals surface area contributed by atoms with E-state index in [0.29, 0.717) is 11.0 Å². The van der Waals surface area contributed by atoms with Crippen molar-refractivity contribution in [2.75, 3.05) is 0 Å². The maximum Gasteiger partial charge on any atom is 0.150 e. The molecule has 0 spiro atoms. The van der Waals surface area contributed by atoms with Crippen LogP contribution in [0.4, 0.5) is 0 Å². The van der Waals surface area contributed by atoms with E-state index in [0.717, 1.165) is 15.8 Å². The first-order chi connectivity index (χ1) is 8.65. The van der Waals surface area contributed by atoms with Gasteiger partial charge in [-0.15, -0.1) is 11.3 Å². The van der Waals surface area contributed by atoms with Crippen LogP contribution in [0.15, 0.2) is 29.6 Å². The van der Waals surface area contributed by atoms with Gasteiger partial charge in [0, 0.05) is 10.9 Å². The fourth-order valence-corrected chi connectivity index (χ4v) is 3.17. The topological polar surface area (TPSA) is 25.8 Å². The molecular formula is C14H11ClN2S. The van der Waals surface area contributed by atoms with Crippen LogP contribution in [0.5, 0.6) is 0 Å². The average Bonchev–Trinajstić information content (AvgIpc) is 2.74. The standard InChI is InChI=1S/C14H11ClN2S/c1-8-3-5-10(6-4-8)11-7-18-13-12(11)16-9(2)17-14(13)15/h3-7H,1-2H3. The Morgan fingerprint density at radius 1 is 1.06 bits per heavy atom. The number of thiophene rings is 1. The van der Waals surface area contributed by atoms with E-state index in [9.17, 15) is 0 Å². The van der Waals surface area contributed by atoms with Gasteiger partial charge in [-0.2, -0.15) is 0 Å². The number of rotatable bonds is 1. The molecule has 0 fully saturated rings. The van der Waals surface area contributed by atoms with Crippen molar-refractivity contribution in [3.63, 3.8) is 0 Å². The van der Waals surface area contributed by atoms with Gasteiger partial charge in [0.05, 0.1) is 10.2 Å². The van der Waals surface area contributed by atoms with Crippen LogP contribution in [0.3, 0.4) is 0 Å². The highest BCUT2D eigenvalue weighted by molar-refractivity contribution is 7.18. The summed E-state index contributed by atoms with van der Waals surface area (Å²) in [6.45, 7) is 3.95. The number of benzene rings is 1. The van der Waals surface area contributed by atoms with Gasteiger partial charge in [0.15, 0.2) is 5.15 Å². The molecule has 0 unspecified atom stereocenters. The van der Waals surface area contributed by atoms with Crippen molar-refractivity contribution in [2.45, 2.75) is 13.8 Å². The molecule has 2 aromatic heterocycles. The molecule has 0 aliphatic rings. The molecule has 0 amide bonds. The van der Waals surface area contributed by atoms with Crippen LogP contribution in [0.25, 0.3) is 21.3 Å². The van der Waals surface area contributed by atoms with E-state index in [1.807, 2.05) is 6.92 Å². The monoisotopic (exact) mass is 274 g/mol. The Balaban J connectivity index is 2.27. The molecule has 3 rings (SSSR count). The van der Waals surface area contributed by atoms with Gasteiger partial charge in [-0.25, -0.2) is 9.97 Å². The number of nitrogens with zero attached hydrogens (tertiary/aromatic N) is 2. The molecule has 0 aliphatic heterocycles. The number of fused-ring (bicyclic) bond motifs is 1. The van der Waals surface area contributed by atoms with E-state index in [1.165, 1.54) is 11.1 Å². The molecule has 2 nitrogen and oxygen atoms in total. The highest BCUT2D eigenvalue weighted by atomic mass is 35.5. The number of hydrogen-bond donors (Lipinski definition) is 0. The molecule has 1 aromatic carbocycles. The summed E-state index contributed by atoms with van der Waals surface area (Å²) in [7, 11) is 0. The van der Waals surface area contributed by atoms with Crippen molar-refractivity contribution in [1.29, 1.82) is 0 Å². The number of hydrogen-bond acceptors (Lipinski definition) is 3. The lowest BCUT2D eigenvalue weighted by molar-refractivity contribution is 1.10. The van der Waals surface area contributed by atoms with Crippen molar-refractivity contribution in [3.05, 3.63) is 46.2 Å². The Morgan fingerprint density at radius 3 is 2.50 bits per heavy atom. The summed E-state index contributed by atoms with van der Waals surface area (Å²) < 4.78 is 0.956. The summed E-state index contributed by atoms with van der Waals surface area (Å²) in [4.78, 5) is 8.70. The van der Waals surface area contributed by atoms with Crippen LogP contribution in [0.1, 0.15) is 11.4 Å². The second kappa shape index (κ2) is 4.34. The molecule has 0 bridgehead atoms. The molecule has 90 valence electrons. The van der Waals surface area contributed by atoms with Gasteiger partial charge in [0.2, 0.25) is 0 Å². The third kappa shape index (κ3) is 1.89. The van der Waals surface area contributed by atoms with Gasteiger partial charge in [0.25, 0.3) is 0 Å². The van der Waals surface area contributed by atoms with Crippen LogP contribution in [0.2, 0.25) is 5.15 Å². The minimum atomic E-state index is 0.542. The highest BCUT2D eigenvalue weighted by Crippen LogP contribution is 2.35. The Morgan fingerprint density at radius 2 is 1.78 bits per heavy atom. The summed E-state index contributed by atoms with van der Waals surface area (Å²) in [5.41, 5.74) is 4.49. The molecule has 3 aromatic rings. The first-order valence-electron chi connectivity index (χ1n) is 5.63. The summed E-state index contributed by atoms with van der Waals surface area (Å²) in [5.74, 6) is 0.708. The van der Waals surface area contributed by atoms with Crippen molar-refractivity contribution >= 4 is 33.2 Å². The molecule has 0 N–H and O–H groups in total. The number of aryl methyl sites for hydroxylation is 2. The number of aromatic nitrogens is 2. The van der Waals surface area contributed by atoms with Gasteiger partial charge in [-0.05, 0) is 19.4 Å². The van der Waals surface area contributed by atoms with Gasteiger partial charge in [-0.3, -0.25) is 0 Å². The molecule has 4 heteroatoms. The molecule has 0 radical (unpaired) electrons. The van der Waals surface area contributed by atoms with Gasteiger partial charge < -0.3 is 0 Å². The van der Waals surface area contributed by atoms with E-state index >= 15 is 0 Å². The van der Waals surface area contributed by atoms with Crippen molar-refractivity contribution in [2.24, 2.45) is 0 Å². The minimum Gasteiger partial charge on any atom is -0.232 e. The Bertz CT molecular complexity index is 716. The van der Waals surface area contributed by atoms with E-state index in [2.05, 4.69) is 46.5 Å². The smallest absolute Gasteiger partial charge is 0.150 e. The normalized spacial score (nSPS) is 11.1. The van der Waals surface area contributed by atoms with Crippen LogP contribution in [-0.2, 0) is 0 Å². The fraction of sp³-hybridized carbons (Fsp3) is 0.143. The maximum absolute atomic E-state index is 6.15. The largest absolute Gasteiger partial charge is 0.232 e. The zero-order valence-corrected chi connectivity index (χ0v) is 11.6. The fourth-order valence-electron chi connectivity index (χ4n) is 1.93. The van der Waals surface area contributed by atoms with E-state index in [1.54, 1.807) is 11.3 Å². The van der Waals surface area contributed by atoms with E-state index < -0.39 is 0 Å². The zero-order chi connectivity index (χ0) is 12.7. The second-order valence-electron chi connectivity index (χ2n) is 4.25. The summed E-state index contributed by atoms with van der Waals surface area (Å²) in [5, 5.41) is 2.64. The van der Waals surface area contributed by atoms with Crippen LogP contribution in [0, 0.1) is 13.8 Å². The first-order valence-corrected chi connectivity index (χ1v) is 6.89. The predicted molar refractivity (Wildman–Crippen MR) is 77.3 cm³/mol. The van der Waals surface area contributed by atoms with Crippen molar-refractivity contribution < 1.29 is 0 Å². The third-order valence-corrected chi connectivity index (χ3v) is 4.21. The summed E-state index contributed by atoms with van der Waals surface area (Å²) in [6.07, 6.45) is 0. The van der Waals surface area contributed by atoms with Crippen molar-refractivity contribution in [1.82, 2.24) is 9.97 Å². The maximum atomic E-state index is 6.15. The minimum absolute atomic E-state index is 0.542. The number of halogens is 1. The highest BCUT2D eigenvalue weighted by Gasteiger charge is 2.12. The molecule has 18 heavy (non-hydrogen) atoms. The van der Waals surface area contributed by atoms with Crippen molar-refractivity contribution in [3.8, 4) is 11.1 Å². The molecule has 0 saturated carbocycles. The second-order valence-corrected chi connectivity index (χ2v) is 5.49. The van der Waals surface area contributed by atoms with E-state index in [4.69, 9.17) is 11.6 Å². The zero-order valence-electron chi connectivity index (χ0n) is 10.1. The lowest BCUT2D eigenvalue weighted by Crippen LogP contribution is -1.88. The summed E-state index contributed by atoms with van der Waals surface area (Å²) >= 11 is 7.74. The quantitative estimate of drug-likeness (QED) is 0.605. The molecule has 0 atom stereocenters. The third-order valence-electron chi connectivity index (χ3n) is 2.85. The van der Waals surface area contributed by atoms with Gasteiger partial charge >= 0.3 is 0 Å². The average molecular weight is 275 g/mol. The van der Waals surface area contributed by atoms with E-state index in [-0.39, 0.29) is 0 Å². The first kappa shape index (κ1) is 11.6. The molecular weight excluding hydrogens is 264 g/mol. The van der Waals surface area contributed by atoms with Crippen LogP contribution < -0.4 is 0 Å². The van der Waals surface area contributed by atoms with Crippen LogP contribution in [-0.4, -0.2) is 9.97 Å². The lowest BCUT2D eigenvalue weighted by Gasteiger charge is -2.01. The Labute approximate surface area is 114 Å². The molecule has 0 saturated heterocycles. The molecule has 0 aliphatic carbocycles. The Kier molecular flexibility index (Phi) is 2.80. The van der Waals surface area contributed by atoms with Gasteiger partial charge in [0.1, 0.15) is 5.82 Å². The van der Waals surface area contributed by atoms with Crippen LogP contribution >= 0.6 is 22.9 Å². The predicted octanol–water partition coefficient (Wildman–Crippen LogP) is 4.63. The SMILES string of the molecule is Cc1ccc(-c2csc3c(Cl)nc(C)nc23)cc1.